The van der Waals surface area contributed by atoms with E-state index in [1.165, 1.54) is 0 Å². The predicted octanol–water partition coefficient (Wildman–Crippen LogP) is 4.65. The molecule has 2 aromatic carbocycles. The van der Waals surface area contributed by atoms with Crippen molar-refractivity contribution >= 4 is 17.8 Å². The van der Waals surface area contributed by atoms with Crippen LogP contribution in [0.25, 0.3) is 0 Å². The standard InChI is InChI=1S/C29H36N4O4/c1-5-29(6-2)17-25(34)33(27(30)32-29)22-13-14-36-23-12-11-18(15-20(22)23)26(35)31-21-16-28(3,4)37-24-10-8-7-9-19(21)24/h7-12,15,21-22H,5-6,13-14,16-17H2,1-4H3,(H2,30,32)(H,31,35)/t21-,22+/m0/s1. The fourth-order valence-corrected chi connectivity index (χ4v) is 5.78. The quantitative estimate of drug-likeness (QED) is 0.617. The van der Waals surface area contributed by atoms with Gasteiger partial charge in [-0.3, -0.25) is 14.5 Å². The summed E-state index contributed by atoms with van der Waals surface area (Å²) in [5, 5.41) is 3.20. The van der Waals surface area contributed by atoms with Crippen molar-refractivity contribution in [2.45, 2.75) is 83.0 Å². The van der Waals surface area contributed by atoms with Crippen LogP contribution in [0.4, 0.5) is 0 Å². The topological polar surface area (TPSA) is 106 Å². The third-order valence-corrected chi connectivity index (χ3v) is 7.94. The van der Waals surface area contributed by atoms with Crippen LogP contribution < -0.4 is 20.5 Å². The number of para-hydroxylation sites is 1. The summed E-state index contributed by atoms with van der Waals surface area (Å²) in [6.07, 6.45) is 3.06. The number of aliphatic imine (C=N–C) groups is 1. The molecule has 2 atom stereocenters. The molecule has 2 amide bonds. The number of amides is 2. The Kier molecular flexibility index (Phi) is 6.38. The maximum atomic E-state index is 13.5. The van der Waals surface area contributed by atoms with Crippen molar-refractivity contribution in [3.05, 3.63) is 59.2 Å². The minimum atomic E-state index is -0.443. The molecule has 0 spiro atoms. The summed E-state index contributed by atoms with van der Waals surface area (Å²) in [6.45, 7) is 8.58. The Balaban J connectivity index is 1.43. The summed E-state index contributed by atoms with van der Waals surface area (Å²) in [5.41, 5.74) is 7.80. The van der Waals surface area contributed by atoms with Gasteiger partial charge >= 0.3 is 0 Å². The summed E-state index contributed by atoms with van der Waals surface area (Å²) in [7, 11) is 0. The predicted molar refractivity (Wildman–Crippen MR) is 142 cm³/mol. The van der Waals surface area contributed by atoms with Crippen LogP contribution in [0, 0.1) is 0 Å². The molecule has 0 fully saturated rings. The number of hydrogen-bond acceptors (Lipinski definition) is 6. The molecule has 0 saturated carbocycles. The van der Waals surface area contributed by atoms with Crippen molar-refractivity contribution in [3.8, 4) is 11.5 Å². The van der Waals surface area contributed by atoms with E-state index in [0.29, 0.717) is 37.2 Å². The van der Waals surface area contributed by atoms with E-state index in [4.69, 9.17) is 20.2 Å². The average Bonchev–Trinajstić information content (AvgIpc) is 2.87. The van der Waals surface area contributed by atoms with E-state index in [0.717, 1.165) is 29.7 Å². The first-order valence-corrected chi connectivity index (χ1v) is 13.2. The molecule has 0 aromatic heterocycles. The summed E-state index contributed by atoms with van der Waals surface area (Å²) >= 11 is 0. The number of nitrogens with two attached hydrogens (primary N) is 1. The monoisotopic (exact) mass is 504 g/mol. The first-order valence-electron chi connectivity index (χ1n) is 13.2. The molecule has 0 aliphatic carbocycles. The highest BCUT2D eigenvalue weighted by Crippen LogP contribution is 2.41. The highest BCUT2D eigenvalue weighted by molar-refractivity contribution is 6.00. The second-order valence-electron chi connectivity index (χ2n) is 10.9. The number of ether oxygens (including phenoxy) is 2. The lowest BCUT2D eigenvalue weighted by molar-refractivity contribution is -0.132. The van der Waals surface area contributed by atoms with Gasteiger partial charge in [0.1, 0.15) is 17.1 Å². The number of carbonyl (C=O) groups is 2. The summed E-state index contributed by atoms with van der Waals surface area (Å²) in [4.78, 5) is 33.2. The third kappa shape index (κ3) is 4.65. The van der Waals surface area contributed by atoms with Crippen LogP contribution in [0.15, 0.2) is 47.5 Å². The number of guanidine groups is 1. The maximum Gasteiger partial charge on any atom is 0.251 e. The zero-order valence-corrected chi connectivity index (χ0v) is 22.0. The lowest BCUT2D eigenvalue weighted by Gasteiger charge is -2.41. The number of carbonyl (C=O) groups excluding carboxylic acids is 2. The smallest absolute Gasteiger partial charge is 0.251 e. The molecular weight excluding hydrogens is 468 g/mol. The number of hydrogen-bond donors (Lipinski definition) is 2. The number of nitrogens with zero attached hydrogens (tertiary/aromatic N) is 2. The van der Waals surface area contributed by atoms with Crippen LogP contribution in [0.2, 0.25) is 0 Å². The van der Waals surface area contributed by atoms with Gasteiger partial charge in [0.15, 0.2) is 5.96 Å². The number of fused-ring (bicyclic) bond motifs is 2. The summed E-state index contributed by atoms with van der Waals surface area (Å²) < 4.78 is 12.0. The number of nitrogens with one attached hydrogen (secondary N) is 1. The van der Waals surface area contributed by atoms with Gasteiger partial charge < -0.3 is 20.5 Å². The lowest BCUT2D eigenvalue weighted by atomic mass is 9.86. The molecule has 3 heterocycles. The molecule has 3 aliphatic heterocycles. The fourth-order valence-electron chi connectivity index (χ4n) is 5.78. The van der Waals surface area contributed by atoms with Crippen molar-refractivity contribution < 1.29 is 19.1 Å². The van der Waals surface area contributed by atoms with Gasteiger partial charge in [0.2, 0.25) is 5.91 Å². The molecule has 8 nitrogen and oxygen atoms in total. The lowest BCUT2D eigenvalue weighted by Crippen LogP contribution is -2.53. The highest BCUT2D eigenvalue weighted by Gasteiger charge is 2.42. The normalized spacial score (nSPS) is 23.6. The first kappa shape index (κ1) is 25.1. The van der Waals surface area contributed by atoms with E-state index in [9.17, 15) is 9.59 Å². The van der Waals surface area contributed by atoms with Gasteiger partial charge in [-0.25, -0.2) is 4.99 Å². The van der Waals surface area contributed by atoms with Gasteiger partial charge in [-0.1, -0.05) is 32.0 Å². The van der Waals surface area contributed by atoms with Gasteiger partial charge in [-0.2, -0.15) is 0 Å². The van der Waals surface area contributed by atoms with E-state index >= 15 is 0 Å². The summed E-state index contributed by atoms with van der Waals surface area (Å²) in [5.74, 6) is 1.47. The number of rotatable bonds is 5. The molecule has 3 N–H and O–H groups in total. The van der Waals surface area contributed by atoms with Crippen molar-refractivity contribution in [2.24, 2.45) is 10.7 Å². The largest absolute Gasteiger partial charge is 0.493 e. The van der Waals surface area contributed by atoms with Crippen molar-refractivity contribution in [3.63, 3.8) is 0 Å². The minimum Gasteiger partial charge on any atom is -0.493 e. The Hall–Kier alpha value is -3.55. The van der Waals surface area contributed by atoms with Crippen molar-refractivity contribution in [1.82, 2.24) is 10.2 Å². The van der Waals surface area contributed by atoms with E-state index in [1.807, 2.05) is 64.1 Å². The fraction of sp³-hybridized carbons (Fsp3) is 0.483. The van der Waals surface area contributed by atoms with Gasteiger partial charge in [0.05, 0.1) is 30.7 Å². The Morgan fingerprint density at radius 1 is 1.14 bits per heavy atom. The van der Waals surface area contributed by atoms with Crippen molar-refractivity contribution in [1.29, 1.82) is 0 Å². The van der Waals surface area contributed by atoms with E-state index in [-0.39, 0.29) is 29.9 Å². The van der Waals surface area contributed by atoms with Gasteiger partial charge in [-0.15, -0.1) is 0 Å². The Morgan fingerprint density at radius 3 is 2.62 bits per heavy atom. The molecule has 8 heteroatoms. The van der Waals surface area contributed by atoms with Crippen LogP contribution in [-0.2, 0) is 4.79 Å². The molecule has 0 bridgehead atoms. The molecular formula is C29H36N4O4. The second-order valence-corrected chi connectivity index (χ2v) is 10.9. The molecule has 3 aliphatic rings. The Labute approximate surface area is 218 Å². The van der Waals surface area contributed by atoms with Gasteiger partial charge in [-0.05, 0) is 51.0 Å². The van der Waals surface area contributed by atoms with Crippen LogP contribution in [0.3, 0.4) is 0 Å². The summed E-state index contributed by atoms with van der Waals surface area (Å²) in [6, 6.07) is 12.7. The molecule has 0 radical (unpaired) electrons. The SMILES string of the molecule is CCC1(CC)CC(=O)N([C@@H]2CCOc3ccc(C(=O)N[C@H]4CC(C)(C)Oc5ccccc54)cc32)C(N)=N1. The third-order valence-electron chi connectivity index (χ3n) is 7.94. The Bertz CT molecular complexity index is 1250. The van der Waals surface area contributed by atoms with Gasteiger partial charge in [0, 0.05) is 29.5 Å². The van der Waals surface area contributed by atoms with Gasteiger partial charge in [0.25, 0.3) is 5.91 Å². The van der Waals surface area contributed by atoms with Crippen LogP contribution >= 0.6 is 0 Å². The minimum absolute atomic E-state index is 0.0371. The van der Waals surface area contributed by atoms with Crippen molar-refractivity contribution in [2.75, 3.05) is 6.61 Å². The van der Waals surface area contributed by atoms with E-state index < -0.39 is 11.1 Å². The Morgan fingerprint density at radius 2 is 1.89 bits per heavy atom. The van der Waals surface area contributed by atoms with Crippen LogP contribution in [0.1, 0.15) is 93.4 Å². The zero-order chi connectivity index (χ0) is 26.4. The average molecular weight is 505 g/mol. The first-order chi connectivity index (χ1) is 17.6. The molecule has 2 aromatic rings. The van der Waals surface area contributed by atoms with Crippen LogP contribution in [0.5, 0.6) is 11.5 Å². The maximum absolute atomic E-state index is 13.5. The van der Waals surface area contributed by atoms with E-state index in [1.54, 1.807) is 11.0 Å². The molecule has 0 saturated heterocycles. The molecule has 196 valence electrons. The van der Waals surface area contributed by atoms with Crippen LogP contribution in [-0.4, -0.2) is 40.4 Å². The highest BCUT2D eigenvalue weighted by atomic mass is 16.5. The molecule has 37 heavy (non-hydrogen) atoms. The molecule has 0 unspecified atom stereocenters. The number of benzene rings is 2. The van der Waals surface area contributed by atoms with E-state index in [2.05, 4.69) is 5.32 Å². The second kappa shape index (κ2) is 9.39. The zero-order valence-electron chi connectivity index (χ0n) is 22.0. The molecule has 5 rings (SSSR count).